The number of alkyl halides is 3. The second kappa shape index (κ2) is 5.71. The molecule has 1 aromatic carbocycles. The Bertz CT molecular complexity index is 514. The van der Waals surface area contributed by atoms with Crippen molar-refractivity contribution in [2.24, 2.45) is 0 Å². The number of hydrogen-bond acceptors (Lipinski definition) is 3. The zero-order valence-electron chi connectivity index (χ0n) is 11.1. The number of nitriles is 1. The second-order valence-electron chi connectivity index (χ2n) is 4.76. The molecule has 3 nitrogen and oxygen atoms in total. The van der Waals surface area contributed by atoms with Crippen molar-refractivity contribution in [3.05, 3.63) is 29.3 Å². The third-order valence-corrected chi connectivity index (χ3v) is 3.56. The van der Waals surface area contributed by atoms with Gasteiger partial charge in [0.05, 0.1) is 22.9 Å². The lowest BCUT2D eigenvalue weighted by Crippen LogP contribution is -2.37. The molecule has 1 aliphatic heterocycles. The maximum atomic E-state index is 12.6. The fourth-order valence-corrected chi connectivity index (χ4v) is 2.41. The predicted octanol–water partition coefficient (Wildman–Crippen LogP) is 3.19. The van der Waals surface area contributed by atoms with E-state index in [9.17, 15) is 13.2 Å². The van der Waals surface area contributed by atoms with Crippen molar-refractivity contribution in [1.82, 2.24) is 0 Å². The highest BCUT2D eigenvalue weighted by molar-refractivity contribution is 5.61. The Balaban J connectivity index is 2.23. The fraction of sp³-hybridized carbons (Fsp3) is 0.500. The first kappa shape index (κ1) is 14.7. The van der Waals surface area contributed by atoms with Crippen LogP contribution in [0.2, 0.25) is 0 Å². The summed E-state index contributed by atoms with van der Waals surface area (Å²) in [5.41, 5.74) is -0.157. The lowest BCUT2D eigenvalue weighted by atomic mass is 10.0. The Morgan fingerprint density at radius 2 is 1.95 bits per heavy atom. The van der Waals surface area contributed by atoms with Crippen LogP contribution >= 0.6 is 0 Å². The standard InChI is InChI=1S/C14H15F3N2O/c1-20-12-4-6-19(7-5-12)13-3-2-11(14(15,16)17)8-10(13)9-18/h2-3,8,12H,4-7H2,1H3. The van der Waals surface area contributed by atoms with E-state index in [0.717, 1.165) is 25.0 Å². The molecular formula is C14H15F3N2O. The molecule has 0 unspecified atom stereocenters. The molecule has 2 rings (SSSR count). The Hall–Kier alpha value is -1.74. The van der Waals surface area contributed by atoms with Crippen LogP contribution in [-0.4, -0.2) is 26.3 Å². The van der Waals surface area contributed by atoms with E-state index in [1.54, 1.807) is 7.11 Å². The molecule has 0 spiro atoms. The normalized spacial score (nSPS) is 17.1. The third kappa shape index (κ3) is 3.05. The van der Waals surface area contributed by atoms with Gasteiger partial charge in [0.1, 0.15) is 6.07 Å². The molecule has 0 atom stereocenters. The van der Waals surface area contributed by atoms with Crippen molar-refractivity contribution < 1.29 is 17.9 Å². The maximum Gasteiger partial charge on any atom is 0.416 e. The van der Waals surface area contributed by atoms with Gasteiger partial charge in [-0.25, -0.2) is 0 Å². The number of nitrogens with zero attached hydrogens (tertiary/aromatic N) is 2. The average Bonchev–Trinajstić information content (AvgIpc) is 2.45. The first-order valence-corrected chi connectivity index (χ1v) is 6.35. The van der Waals surface area contributed by atoms with E-state index in [-0.39, 0.29) is 11.7 Å². The van der Waals surface area contributed by atoms with E-state index < -0.39 is 11.7 Å². The molecule has 0 amide bonds. The molecule has 20 heavy (non-hydrogen) atoms. The van der Waals surface area contributed by atoms with Gasteiger partial charge in [-0.3, -0.25) is 0 Å². The highest BCUT2D eigenvalue weighted by Gasteiger charge is 2.31. The zero-order valence-corrected chi connectivity index (χ0v) is 11.1. The lowest BCUT2D eigenvalue weighted by Gasteiger charge is -2.33. The summed E-state index contributed by atoms with van der Waals surface area (Å²) in [6, 6.07) is 5.18. The van der Waals surface area contributed by atoms with Crippen LogP contribution in [0.4, 0.5) is 18.9 Å². The fourth-order valence-electron chi connectivity index (χ4n) is 2.41. The van der Waals surface area contributed by atoms with Crippen LogP contribution in [-0.2, 0) is 10.9 Å². The summed E-state index contributed by atoms with van der Waals surface area (Å²) in [5.74, 6) is 0. The van der Waals surface area contributed by atoms with Gasteiger partial charge in [-0.2, -0.15) is 18.4 Å². The van der Waals surface area contributed by atoms with Gasteiger partial charge >= 0.3 is 6.18 Å². The van der Waals surface area contributed by atoms with Crippen LogP contribution in [0.25, 0.3) is 0 Å². The van der Waals surface area contributed by atoms with Crippen LogP contribution in [0.1, 0.15) is 24.0 Å². The van der Waals surface area contributed by atoms with E-state index in [1.165, 1.54) is 6.07 Å². The van der Waals surface area contributed by atoms with Gasteiger partial charge in [0.25, 0.3) is 0 Å². The monoisotopic (exact) mass is 284 g/mol. The molecule has 6 heteroatoms. The molecule has 0 saturated carbocycles. The summed E-state index contributed by atoms with van der Waals surface area (Å²) in [4.78, 5) is 1.94. The molecular weight excluding hydrogens is 269 g/mol. The molecule has 0 radical (unpaired) electrons. The lowest BCUT2D eigenvalue weighted by molar-refractivity contribution is -0.137. The van der Waals surface area contributed by atoms with Gasteiger partial charge in [0, 0.05) is 20.2 Å². The van der Waals surface area contributed by atoms with Gasteiger partial charge in [-0.05, 0) is 31.0 Å². The van der Waals surface area contributed by atoms with E-state index in [4.69, 9.17) is 10.00 Å². The van der Waals surface area contributed by atoms with E-state index in [2.05, 4.69) is 0 Å². The van der Waals surface area contributed by atoms with Gasteiger partial charge in [0.15, 0.2) is 0 Å². The van der Waals surface area contributed by atoms with Crippen molar-refractivity contribution in [1.29, 1.82) is 5.26 Å². The number of halogens is 3. The largest absolute Gasteiger partial charge is 0.416 e. The molecule has 1 aliphatic rings. The number of rotatable bonds is 2. The van der Waals surface area contributed by atoms with Gasteiger partial charge < -0.3 is 9.64 Å². The molecule has 108 valence electrons. The maximum absolute atomic E-state index is 12.6. The van der Waals surface area contributed by atoms with E-state index >= 15 is 0 Å². The van der Waals surface area contributed by atoms with E-state index in [0.29, 0.717) is 18.8 Å². The SMILES string of the molecule is COC1CCN(c2ccc(C(F)(F)F)cc2C#N)CC1. The number of benzene rings is 1. The summed E-state index contributed by atoms with van der Waals surface area (Å²) < 4.78 is 43.2. The Morgan fingerprint density at radius 1 is 1.30 bits per heavy atom. The summed E-state index contributed by atoms with van der Waals surface area (Å²) in [7, 11) is 1.65. The first-order chi connectivity index (χ1) is 9.45. The Kier molecular flexibility index (Phi) is 4.19. The average molecular weight is 284 g/mol. The number of piperidine rings is 1. The first-order valence-electron chi connectivity index (χ1n) is 6.35. The summed E-state index contributed by atoms with van der Waals surface area (Å²) in [5, 5.41) is 9.07. The molecule has 1 aromatic rings. The molecule has 0 bridgehead atoms. The predicted molar refractivity (Wildman–Crippen MR) is 68.4 cm³/mol. The second-order valence-corrected chi connectivity index (χ2v) is 4.76. The molecule has 1 fully saturated rings. The third-order valence-electron chi connectivity index (χ3n) is 3.56. The Labute approximate surface area is 115 Å². The Morgan fingerprint density at radius 3 is 2.45 bits per heavy atom. The smallest absolute Gasteiger partial charge is 0.381 e. The minimum absolute atomic E-state index is 0.0655. The van der Waals surface area contributed by atoms with Crippen LogP contribution in [0.15, 0.2) is 18.2 Å². The highest BCUT2D eigenvalue weighted by Crippen LogP contribution is 2.33. The van der Waals surface area contributed by atoms with Crippen molar-refractivity contribution in [3.63, 3.8) is 0 Å². The number of hydrogen-bond donors (Lipinski definition) is 0. The number of methoxy groups -OCH3 is 1. The molecule has 0 aliphatic carbocycles. The topological polar surface area (TPSA) is 36.3 Å². The summed E-state index contributed by atoms with van der Waals surface area (Å²) in [6.07, 6.45) is -2.62. The minimum Gasteiger partial charge on any atom is -0.381 e. The minimum atomic E-state index is -4.42. The quantitative estimate of drug-likeness (QED) is 0.836. The molecule has 1 saturated heterocycles. The number of anilines is 1. The molecule has 0 N–H and O–H groups in total. The van der Waals surface area contributed by atoms with Crippen molar-refractivity contribution in [3.8, 4) is 6.07 Å². The van der Waals surface area contributed by atoms with Crippen LogP contribution < -0.4 is 4.90 Å². The molecule has 1 heterocycles. The van der Waals surface area contributed by atoms with E-state index in [1.807, 2.05) is 11.0 Å². The number of ether oxygens (including phenoxy) is 1. The van der Waals surface area contributed by atoms with Crippen molar-refractivity contribution in [2.75, 3.05) is 25.1 Å². The van der Waals surface area contributed by atoms with Gasteiger partial charge in [-0.1, -0.05) is 0 Å². The van der Waals surface area contributed by atoms with Crippen LogP contribution in [0.3, 0.4) is 0 Å². The summed E-state index contributed by atoms with van der Waals surface area (Å²) in [6.45, 7) is 1.36. The van der Waals surface area contributed by atoms with Crippen molar-refractivity contribution in [2.45, 2.75) is 25.1 Å². The van der Waals surface area contributed by atoms with Gasteiger partial charge in [-0.15, -0.1) is 0 Å². The van der Waals surface area contributed by atoms with Gasteiger partial charge in [0.2, 0.25) is 0 Å². The van der Waals surface area contributed by atoms with Crippen LogP contribution in [0.5, 0.6) is 0 Å². The zero-order chi connectivity index (χ0) is 14.8. The molecule has 0 aromatic heterocycles. The summed E-state index contributed by atoms with van der Waals surface area (Å²) >= 11 is 0. The highest BCUT2D eigenvalue weighted by atomic mass is 19.4. The van der Waals surface area contributed by atoms with Crippen LogP contribution in [0, 0.1) is 11.3 Å². The van der Waals surface area contributed by atoms with Crippen molar-refractivity contribution >= 4 is 5.69 Å².